The van der Waals surface area contributed by atoms with Gasteiger partial charge in [0.25, 0.3) is 0 Å². The first-order chi connectivity index (χ1) is 5.77. The molecule has 0 bridgehead atoms. The molecule has 0 amide bonds. The highest BCUT2D eigenvalue weighted by Crippen LogP contribution is 2.25. The highest BCUT2D eigenvalue weighted by Gasteiger charge is 1.99. The summed E-state index contributed by atoms with van der Waals surface area (Å²) in [4.78, 5) is 0. The van der Waals surface area contributed by atoms with Gasteiger partial charge in [0.2, 0.25) is 0 Å². The Morgan fingerprint density at radius 1 is 1.50 bits per heavy atom. The van der Waals surface area contributed by atoms with Crippen molar-refractivity contribution in [1.29, 1.82) is 0 Å². The third-order valence-corrected chi connectivity index (χ3v) is 2.46. The fourth-order valence-electron chi connectivity index (χ4n) is 0.994. The van der Waals surface area contributed by atoms with Crippen LogP contribution in [0.2, 0.25) is 0 Å². The van der Waals surface area contributed by atoms with Crippen molar-refractivity contribution in [1.82, 2.24) is 0 Å². The summed E-state index contributed by atoms with van der Waals surface area (Å²) in [6.07, 6.45) is 0.992. The van der Waals surface area contributed by atoms with E-state index in [-0.39, 0.29) is 0 Å². The maximum Gasteiger partial charge on any atom is 0.133 e. The monoisotopic (exact) mass is 246 g/mol. The van der Waals surface area contributed by atoms with Gasteiger partial charge in [0.05, 0.1) is 11.6 Å². The molecule has 1 nitrogen and oxygen atoms in total. The zero-order valence-corrected chi connectivity index (χ0v) is 9.36. The number of thiol groups is 1. The summed E-state index contributed by atoms with van der Waals surface area (Å²) < 4.78 is 6.12. The average molecular weight is 247 g/mol. The Morgan fingerprint density at radius 2 is 2.25 bits per heavy atom. The molecular weight excluding hydrogens is 236 g/mol. The first-order valence-corrected chi connectivity index (χ1v) is 5.13. The molecule has 0 heterocycles. The summed E-state index contributed by atoms with van der Waals surface area (Å²) in [5.41, 5.74) is 1.28. The summed E-state index contributed by atoms with van der Waals surface area (Å²) in [5.74, 6) is 1.75. The van der Waals surface area contributed by atoms with Crippen LogP contribution in [0.5, 0.6) is 5.75 Å². The molecule has 1 aromatic carbocycles. The summed E-state index contributed by atoms with van der Waals surface area (Å²) in [6, 6.07) is 6.08. The molecule has 0 unspecified atom stereocenters. The molecule has 0 saturated heterocycles. The number of halogens is 1. The van der Waals surface area contributed by atoms with Gasteiger partial charge in [-0.15, -0.1) is 0 Å². The van der Waals surface area contributed by atoms with Gasteiger partial charge in [-0.1, -0.05) is 6.07 Å². The van der Waals surface area contributed by atoms with E-state index in [9.17, 15) is 0 Å². The topological polar surface area (TPSA) is 9.23 Å². The quantitative estimate of drug-likeness (QED) is 0.808. The zero-order valence-electron chi connectivity index (χ0n) is 6.88. The standard InChI is InChI=1S/C9H11BrOS/c1-11-9-3-2-7(4-5-12)6-8(9)10/h2-3,6,12H,4-5H2,1H3. The van der Waals surface area contributed by atoms with Crippen LogP contribution in [0.4, 0.5) is 0 Å². The Morgan fingerprint density at radius 3 is 2.75 bits per heavy atom. The first kappa shape index (κ1) is 9.93. The third-order valence-electron chi connectivity index (χ3n) is 1.62. The summed E-state index contributed by atoms with van der Waals surface area (Å²) in [7, 11) is 1.67. The van der Waals surface area contributed by atoms with Gasteiger partial charge in [-0.2, -0.15) is 12.6 Å². The molecule has 0 aliphatic rings. The van der Waals surface area contributed by atoms with Crippen LogP contribution in [-0.4, -0.2) is 12.9 Å². The number of rotatable bonds is 3. The second kappa shape index (κ2) is 4.77. The van der Waals surface area contributed by atoms with Crippen LogP contribution in [-0.2, 0) is 6.42 Å². The second-order valence-corrected chi connectivity index (χ2v) is 3.74. The molecule has 0 radical (unpaired) electrons. The van der Waals surface area contributed by atoms with E-state index in [0.29, 0.717) is 0 Å². The minimum absolute atomic E-state index is 0.873. The normalized spacial score (nSPS) is 9.92. The molecule has 0 N–H and O–H groups in total. The number of ether oxygens (including phenoxy) is 1. The van der Waals surface area contributed by atoms with Crippen LogP contribution in [0.1, 0.15) is 5.56 Å². The highest BCUT2D eigenvalue weighted by atomic mass is 79.9. The Kier molecular flexibility index (Phi) is 3.95. The first-order valence-electron chi connectivity index (χ1n) is 3.71. The summed E-state index contributed by atoms with van der Waals surface area (Å²) in [5, 5.41) is 0. The molecule has 12 heavy (non-hydrogen) atoms. The van der Waals surface area contributed by atoms with E-state index < -0.39 is 0 Å². The van der Waals surface area contributed by atoms with Gasteiger partial charge < -0.3 is 4.74 Å². The van der Waals surface area contributed by atoms with Gasteiger partial charge in [-0.3, -0.25) is 0 Å². The lowest BCUT2D eigenvalue weighted by atomic mass is 10.2. The number of aryl methyl sites for hydroxylation is 1. The largest absolute Gasteiger partial charge is 0.496 e. The smallest absolute Gasteiger partial charge is 0.133 e. The van der Waals surface area contributed by atoms with E-state index in [2.05, 4.69) is 40.7 Å². The van der Waals surface area contributed by atoms with Crippen molar-refractivity contribution in [3.05, 3.63) is 28.2 Å². The number of hydrogen-bond donors (Lipinski definition) is 1. The predicted octanol–water partition coefficient (Wildman–Crippen LogP) is 2.93. The highest BCUT2D eigenvalue weighted by molar-refractivity contribution is 9.10. The Bertz CT molecular complexity index is 263. The SMILES string of the molecule is COc1ccc(CCS)cc1Br. The molecule has 0 fully saturated rings. The van der Waals surface area contributed by atoms with Crippen molar-refractivity contribution in [3.8, 4) is 5.75 Å². The van der Waals surface area contributed by atoms with Crippen molar-refractivity contribution in [2.45, 2.75) is 6.42 Å². The van der Waals surface area contributed by atoms with Gasteiger partial charge in [0.1, 0.15) is 5.75 Å². The van der Waals surface area contributed by atoms with E-state index in [1.807, 2.05) is 6.07 Å². The lowest BCUT2D eigenvalue weighted by molar-refractivity contribution is 0.412. The molecule has 66 valence electrons. The van der Waals surface area contributed by atoms with Crippen molar-refractivity contribution in [2.24, 2.45) is 0 Å². The fourth-order valence-corrected chi connectivity index (χ4v) is 1.84. The molecule has 0 aromatic heterocycles. The van der Waals surface area contributed by atoms with Crippen LogP contribution in [0, 0.1) is 0 Å². The van der Waals surface area contributed by atoms with Crippen LogP contribution >= 0.6 is 28.6 Å². The fraction of sp³-hybridized carbons (Fsp3) is 0.333. The van der Waals surface area contributed by atoms with Gasteiger partial charge in [-0.05, 0) is 45.8 Å². The molecule has 3 heteroatoms. The molecule has 0 spiro atoms. The number of methoxy groups -OCH3 is 1. The molecule has 0 saturated carbocycles. The summed E-state index contributed by atoms with van der Waals surface area (Å²) >= 11 is 7.60. The molecule has 0 atom stereocenters. The number of benzene rings is 1. The van der Waals surface area contributed by atoms with Crippen molar-refractivity contribution < 1.29 is 4.74 Å². The third kappa shape index (κ3) is 2.42. The number of hydrogen-bond acceptors (Lipinski definition) is 2. The zero-order chi connectivity index (χ0) is 8.97. The maximum atomic E-state index is 5.11. The minimum Gasteiger partial charge on any atom is -0.496 e. The van der Waals surface area contributed by atoms with Gasteiger partial charge in [0, 0.05) is 0 Å². The van der Waals surface area contributed by atoms with E-state index >= 15 is 0 Å². The average Bonchev–Trinajstić information content (AvgIpc) is 2.05. The molecule has 0 aliphatic heterocycles. The van der Waals surface area contributed by atoms with Gasteiger partial charge in [-0.25, -0.2) is 0 Å². The van der Waals surface area contributed by atoms with E-state index in [4.69, 9.17) is 4.74 Å². The lowest BCUT2D eigenvalue weighted by Gasteiger charge is -2.04. The van der Waals surface area contributed by atoms with E-state index in [1.54, 1.807) is 7.11 Å². The van der Waals surface area contributed by atoms with Crippen LogP contribution in [0.15, 0.2) is 22.7 Å². The van der Waals surface area contributed by atoms with Crippen LogP contribution in [0.3, 0.4) is 0 Å². The molecule has 1 rings (SSSR count). The predicted molar refractivity (Wildman–Crippen MR) is 58.3 cm³/mol. The van der Waals surface area contributed by atoms with Crippen molar-refractivity contribution in [3.63, 3.8) is 0 Å². The summed E-state index contributed by atoms with van der Waals surface area (Å²) in [6.45, 7) is 0. The Hall–Kier alpha value is -0.150. The van der Waals surface area contributed by atoms with E-state index in [0.717, 1.165) is 22.4 Å². The minimum atomic E-state index is 0.873. The van der Waals surface area contributed by atoms with Gasteiger partial charge >= 0.3 is 0 Å². The van der Waals surface area contributed by atoms with Gasteiger partial charge in [0.15, 0.2) is 0 Å². The second-order valence-electron chi connectivity index (χ2n) is 2.44. The lowest BCUT2D eigenvalue weighted by Crippen LogP contribution is -1.89. The Balaban J connectivity index is 2.86. The van der Waals surface area contributed by atoms with Crippen molar-refractivity contribution >= 4 is 28.6 Å². The Labute approximate surface area is 86.7 Å². The maximum absolute atomic E-state index is 5.11. The molecule has 0 aliphatic carbocycles. The molecule has 1 aromatic rings. The molecular formula is C9H11BrOS. The van der Waals surface area contributed by atoms with Crippen LogP contribution < -0.4 is 4.74 Å². The van der Waals surface area contributed by atoms with Crippen molar-refractivity contribution in [2.75, 3.05) is 12.9 Å². The van der Waals surface area contributed by atoms with E-state index in [1.165, 1.54) is 5.56 Å². The van der Waals surface area contributed by atoms with Crippen LogP contribution in [0.25, 0.3) is 0 Å².